The zero-order valence-corrected chi connectivity index (χ0v) is 10.1. The molecule has 0 bridgehead atoms. The lowest BCUT2D eigenvalue weighted by atomic mass is 10.1. The van der Waals surface area contributed by atoms with E-state index in [9.17, 15) is 0 Å². The zero-order valence-electron chi connectivity index (χ0n) is 10.1. The fourth-order valence-corrected chi connectivity index (χ4v) is 1.65. The van der Waals surface area contributed by atoms with Crippen molar-refractivity contribution in [1.29, 1.82) is 0 Å². The van der Waals surface area contributed by atoms with E-state index in [1.54, 1.807) is 7.11 Å². The molecule has 2 aromatic rings. The van der Waals surface area contributed by atoms with Crippen molar-refractivity contribution in [2.24, 2.45) is 5.73 Å². The van der Waals surface area contributed by atoms with Gasteiger partial charge in [0.2, 0.25) is 5.88 Å². The standard InChI is InChI=1S/C14H16N2O/c1-10-3-5-12(6-4-10)13-7-11(9-15)8-14(16-13)17-2/h3-8H,9,15H2,1-2H3. The van der Waals surface area contributed by atoms with Crippen LogP contribution < -0.4 is 10.5 Å². The number of ether oxygens (including phenoxy) is 1. The molecule has 17 heavy (non-hydrogen) atoms. The van der Waals surface area contributed by atoms with E-state index >= 15 is 0 Å². The van der Waals surface area contributed by atoms with Crippen LogP contribution >= 0.6 is 0 Å². The van der Waals surface area contributed by atoms with E-state index in [1.165, 1.54) is 5.56 Å². The van der Waals surface area contributed by atoms with E-state index < -0.39 is 0 Å². The lowest BCUT2D eigenvalue weighted by Crippen LogP contribution is -1.99. The van der Waals surface area contributed by atoms with Gasteiger partial charge < -0.3 is 10.5 Å². The summed E-state index contributed by atoms with van der Waals surface area (Å²) in [6.07, 6.45) is 0. The maximum atomic E-state index is 5.66. The number of hydrogen-bond donors (Lipinski definition) is 1. The number of pyridine rings is 1. The number of aryl methyl sites for hydroxylation is 1. The maximum absolute atomic E-state index is 5.66. The first-order valence-electron chi connectivity index (χ1n) is 5.55. The summed E-state index contributed by atoms with van der Waals surface area (Å²) < 4.78 is 5.18. The summed E-state index contributed by atoms with van der Waals surface area (Å²) in [7, 11) is 1.61. The molecule has 0 amide bonds. The van der Waals surface area contributed by atoms with Crippen molar-refractivity contribution in [3.63, 3.8) is 0 Å². The molecule has 0 unspecified atom stereocenters. The average Bonchev–Trinajstić information content (AvgIpc) is 2.39. The van der Waals surface area contributed by atoms with Crippen molar-refractivity contribution >= 4 is 0 Å². The molecule has 0 saturated heterocycles. The molecule has 1 aromatic heterocycles. The van der Waals surface area contributed by atoms with Crippen molar-refractivity contribution in [2.75, 3.05) is 7.11 Å². The molecule has 0 aliphatic heterocycles. The van der Waals surface area contributed by atoms with Crippen molar-refractivity contribution < 1.29 is 4.74 Å². The van der Waals surface area contributed by atoms with Crippen LogP contribution in [-0.2, 0) is 6.54 Å². The van der Waals surface area contributed by atoms with E-state index in [2.05, 4.69) is 36.2 Å². The van der Waals surface area contributed by atoms with Gasteiger partial charge in [0.25, 0.3) is 0 Å². The topological polar surface area (TPSA) is 48.1 Å². The molecule has 0 spiro atoms. The molecule has 2 rings (SSSR count). The fraction of sp³-hybridized carbons (Fsp3) is 0.214. The van der Waals surface area contributed by atoms with Crippen molar-refractivity contribution in [3.8, 4) is 17.1 Å². The van der Waals surface area contributed by atoms with E-state index in [-0.39, 0.29) is 0 Å². The van der Waals surface area contributed by atoms with Gasteiger partial charge in [0.15, 0.2) is 0 Å². The highest BCUT2D eigenvalue weighted by Crippen LogP contribution is 2.22. The van der Waals surface area contributed by atoms with Crippen LogP contribution in [-0.4, -0.2) is 12.1 Å². The molecule has 1 heterocycles. The third-order valence-electron chi connectivity index (χ3n) is 2.65. The Morgan fingerprint density at radius 1 is 1.18 bits per heavy atom. The van der Waals surface area contributed by atoms with Gasteiger partial charge in [0.1, 0.15) is 0 Å². The smallest absolute Gasteiger partial charge is 0.213 e. The van der Waals surface area contributed by atoms with E-state index in [0.29, 0.717) is 12.4 Å². The highest BCUT2D eigenvalue weighted by molar-refractivity contribution is 5.61. The summed E-state index contributed by atoms with van der Waals surface area (Å²) in [6, 6.07) is 12.1. The first kappa shape index (κ1) is 11.6. The lowest BCUT2D eigenvalue weighted by Gasteiger charge is -2.07. The van der Waals surface area contributed by atoms with Gasteiger partial charge in [0, 0.05) is 18.2 Å². The minimum atomic E-state index is 0.484. The second-order valence-corrected chi connectivity index (χ2v) is 3.97. The lowest BCUT2D eigenvalue weighted by molar-refractivity contribution is 0.398. The number of nitrogens with zero attached hydrogens (tertiary/aromatic N) is 1. The summed E-state index contributed by atoms with van der Waals surface area (Å²) in [5, 5.41) is 0. The van der Waals surface area contributed by atoms with Crippen LogP contribution in [0, 0.1) is 6.92 Å². The Bertz CT molecular complexity index is 484. The van der Waals surface area contributed by atoms with Gasteiger partial charge in [-0.25, -0.2) is 4.98 Å². The van der Waals surface area contributed by atoms with Crippen LogP contribution in [0.1, 0.15) is 11.1 Å². The number of rotatable bonds is 3. The highest BCUT2D eigenvalue weighted by atomic mass is 16.5. The number of methoxy groups -OCH3 is 1. The second-order valence-electron chi connectivity index (χ2n) is 3.97. The Hall–Kier alpha value is -1.87. The maximum Gasteiger partial charge on any atom is 0.213 e. The highest BCUT2D eigenvalue weighted by Gasteiger charge is 2.04. The van der Waals surface area contributed by atoms with E-state index in [0.717, 1.165) is 16.8 Å². The van der Waals surface area contributed by atoms with Gasteiger partial charge >= 0.3 is 0 Å². The summed E-state index contributed by atoms with van der Waals surface area (Å²) in [5.41, 5.74) is 9.88. The summed E-state index contributed by atoms with van der Waals surface area (Å²) in [4.78, 5) is 4.42. The molecule has 3 nitrogen and oxygen atoms in total. The van der Waals surface area contributed by atoms with E-state index in [1.807, 2.05) is 12.1 Å². The predicted octanol–water partition coefficient (Wildman–Crippen LogP) is 2.52. The van der Waals surface area contributed by atoms with Gasteiger partial charge in [-0.05, 0) is 18.6 Å². The molecular weight excluding hydrogens is 212 g/mol. The summed E-state index contributed by atoms with van der Waals surface area (Å²) >= 11 is 0. The molecule has 0 saturated carbocycles. The van der Waals surface area contributed by atoms with Crippen LogP contribution in [0.3, 0.4) is 0 Å². The van der Waals surface area contributed by atoms with Crippen LogP contribution in [0.4, 0.5) is 0 Å². The van der Waals surface area contributed by atoms with Gasteiger partial charge in [-0.1, -0.05) is 29.8 Å². The predicted molar refractivity (Wildman–Crippen MR) is 68.9 cm³/mol. The number of benzene rings is 1. The van der Waals surface area contributed by atoms with Crippen molar-refractivity contribution in [1.82, 2.24) is 4.98 Å². The molecule has 0 atom stereocenters. The Kier molecular flexibility index (Phi) is 3.40. The minimum absolute atomic E-state index is 0.484. The van der Waals surface area contributed by atoms with Crippen LogP contribution in [0.25, 0.3) is 11.3 Å². The normalized spacial score (nSPS) is 10.3. The molecule has 0 aliphatic rings. The average molecular weight is 228 g/mol. The van der Waals surface area contributed by atoms with Crippen LogP contribution in [0.5, 0.6) is 5.88 Å². The zero-order chi connectivity index (χ0) is 12.3. The minimum Gasteiger partial charge on any atom is -0.481 e. The monoisotopic (exact) mass is 228 g/mol. The van der Waals surface area contributed by atoms with Crippen LogP contribution in [0.2, 0.25) is 0 Å². The van der Waals surface area contributed by atoms with Crippen LogP contribution in [0.15, 0.2) is 36.4 Å². The molecule has 88 valence electrons. The second kappa shape index (κ2) is 4.97. The van der Waals surface area contributed by atoms with Gasteiger partial charge in [-0.3, -0.25) is 0 Å². The molecular formula is C14H16N2O. The first-order valence-corrected chi connectivity index (χ1v) is 5.55. The van der Waals surface area contributed by atoms with Crippen molar-refractivity contribution in [2.45, 2.75) is 13.5 Å². The van der Waals surface area contributed by atoms with Gasteiger partial charge in [0.05, 0.1) is 12.8 Å². The molecule has 0 radical (unpaired) electrons. The number of aromatic nitrogens is 1. The van der Waals surface area contributed by atoms with Gasteiger partial charge in [-0.15, -0.1) is 0 Å². The Balaban J connectivity index is 2.46. The van der Waals surface area contributed by atoms with E-state index in [4.69, 9.17) is 10.5 Å². The quantitative estimate of drug-likeness (QED) is 0.878. The SMILES string of the molecule is COc1cc(CN)cc(-c2ccc(C)cc2)n1. The molecule has 0 fully saturated rings. The first-order chi connectivity index (χ1) is 8.22. The molecule has 3 heteroatoms. The third kappa shape index (κ3) is 2.63. The number of hydrogen-bond acceptors (Lipinski definition) is 3. The number of nitrogens with two attached hydrogens (primary N) is 1. The van der Waals surface area contributed by atoms with Crippen molar-refractivity contribution in [3.05, 3.63) is 47.5 Å². The summed E-state index contributed by atoms with van der Waals surface area (Å²) in [6.45, 7) is 2.55. The molecule has 1 aromatic carbocycles. The Labute approximate surface area is 101 Å². The third-order valence-corrected chi connectivity index (χ3v) is 2.65. The Morgan fingerprint density at radius 2 is 1.88 bits per heavy atom. The largest absolute Gasteiger partial charge is 0.481 e. The molecule has 2 N–H and O–H groups in total. The molecule has 0 aliphatic carbocycles. The summed E-state index contributed by atoms with van der Waals surface area (Å²) in [5.74, 6) is 0.600. The van der Waals surface area contributed by atoms with Gasteiger partial charge in [-0.2, -0.15) is 0 Å². The Morgan fingerprint density at radius 3 is 2.47 bits per heavy atom. The fourth-order valence-electron chi connectivity index (χ4n) is 1.65.